The van der Waals surface area contributed by atoms with E-state index in [9.17, 15) is 0 Å². The zero-order valence-electron chi connectivity index (χ0n) is 12.1. The number of hydrogen-bond acceptors (Lipinski definition) is 1. The van der Waals surface area contributed by atoms with Crippen LogP contribution in [0.1, 0.15) is 40.0 Å². The van der Waals surface area contributed by atoms with Gasteiger partial charge in [-0.3, -0.25) is 0 Å². The highest BCUT2D eigenvalue weighted by Crippen LogP contribution is 2.39. The lowest BCUT2D eigenvalue weighted by atomic mass is 9.89. The minimum Gasteiger partial charge on any atom is -0.413 e. The molecule has 0 aromatic rings. The summed E-state index contributed by atoms with van der Waals surface area (Å²) in [7, 11) is -1.63. The quantitative estimate of drug-likeness (QED) is 0.510. The molecule has 2 heteroatoms. The van der Waals surface area contributed by atoms with Gasteiger partial charge in [-0.25, -0.2) is 0 Å². The largest absolute Gasteiger partial charge is 0.413 e. The SMILES string of the molecule is C=CC[C@@H]1CC=CC[C@@H]1O[Si](C)(C)C(C)(C)C. The van der Waals surface area contributed by atoms with E-state index in [2.05, 4.69) is 52.6 Å². The van der Waals surface area contributed by atoms with Crippen molar-refractivity contribution in [3.05, 3.63) is 24.8 Å². The molecular formula is C15H28OSi. The first-order valence-corrected chi connectivity index (χ1v) is 9.62. The second-order valence-corrected chi connectivity index (χ2v) is 11.4. The van der Waals surface area contributed by atoms with Crippen molar-refractivity contribution in [2.24, 2.45) is 5.92 Å². The summed E-state index contributed by atoms with van der Waals surface area (Å²) >= 11 is 0. The van der Waals surface area contributed by atoms with Crippen LogP contribution in [0.3, 0.4) is 0 Å². The molecular weight excluding hydrogens is 224 g/mol. The molecule has 0 N–H and O–H groups in total. The number of allylic oxidation sites excluding steroid dienone is 2. The zero-order valence-corrected chi connectivity index (χ0v) is 13.1. The molecule has 2 atom stereocenters. The average Bonchev–Trinajstić information content (AvgIpc) is 2.19. The summed E-state index contributed by atoms with van der Waals surface area (Å²) in [4.78, 5) is 0. The molecule has 1 aliphatic carbocycles. The fourth-order valence-electron chi connectivity index (χ4n) is 2.01. The van der Waals surface area contributed by atoms with Crippen LogP contribution < -0.4 is 0 Å². The van der Waals surface area contributed by atoms with Crippen LogP contribution in [0.2, 0.25) is 18.1 Å². The van der Waals surface area contributed by atoms with Crippen LogP contribution in [-0.2, 0) is 4.43 Å². The Morgan fingerprint density at radius 3 is 2.41 bits per heavy atom. The molecule has 0 unspecified atom stereocenters. The molecule has 17 heavy (non-hydrogen) atoms. The van der Waals surface area contributed by atoms with Gasteiger partial charge in [0.25, 0.3) is 0 Å². The van der Waals surface area contributed by atoms with E-state index < -0.39 is 8.32 Å². The van der Waals surface area contributed by atoms with Crippen molar-refractivity contribution in [2.45, 2.75) is 64.3 Å². The van der Waals surface area contributed by atoms with E-state index in [1.165, 1.54) is 0 Å². The van der Waals surface area contributed by atoms with Crippen molar-refractivity contribution >= 4 is 8.32 Å². The van der Waals surface area contributed by atoms with Crippen LogP contribution in [0.15, 0.2) is 24.8 Å². The van der Waals surface area contributed by atoms with E-state index in [0.29, 0.717) is 17.1 Å². The highest BCUT2D eigenvalue weighted by Gasteiger charge is 2.40. The first-order valence-electron chi connectivity index (χ1n) is 6.71. The van der Waals surface area contributed by atoms with Gasteiger partial charge < -0.3 is 4.43 Å². The molecule has 98 valence electrons. The van der Waals surface area contributed by atoms with E-state index in [1.54, 1.807) is 0 Å². The lowest BCUT2D eigenvalue weighted by molar-refractivity contribution is 0.116. The Labute approximate surface area is 108 Å². The summed E-state index contributed by atoms with van der Waals surface area (Å²) in [6.45, 7) is 15.5. The molecule has 1 aliphatic rings. The van der Waals surface area contributed by atoms with Crippen LogP contribution in [0, 0.1) is 5.92 Å². The molecule has 1 rings (SSSR count). The third-order valence-electron chi connectivity index (χ3n) is 4.22. The van der Waals surface area contributed by atoms with Gasteiger partial charge in [0.15, 0.2) is 8.32 Å². The van der Waals surface area contributed by atoms with Crippen LogP contribution in [0.5, 0.6) is 0 Å². The fraction of sp³-hybridized carbons (Fsp3) is 0.733. The standard InChI is InChI=1S/C15H28OSi/c1-7-10-13-11-8-9-12-14(13)16-17(5,6)15(2,3)4/h7-9,13-14H,1,10-12H2,2-6H3/t13-,14+/m1/s1. The van der Waals surface area contributed by atoms with Gasteiger partial charge >= 0.3 is 0 Å². The summed E-state index contributed by atoms with van der Waals surface area (Å²) in [6, 6.07) is 0. The highest BCUT2D eigenvalue weighted by atomic mass is 28.4. The zero-order chi connectivity index (χ0) is 13.1. The summed E-state index contributed by atoms with van der Waals surface area (Å²) in [5.74, 6) is 0.631. The Hall–Kier alpha value is -0.343. The first kappa shape index (κ1) is 14.7. The molecule has 0 fully saturated rings. The van der Waals surface area contributed by atoms with Crippen LogP contribution in [0.25, 0.3) is 0 Å². The monoisotopic (exact) mass is 252 g/mol. The molecule has 0 aromatic heterocycles. The molecule has 0 saturated heterocycles. The Balaban J connectivity index is 2.71. The molecule has 0 saturated carbocycles. The van der Waals surface area contributed by atoms with Gasteiger partial charge in [0.2, 0.25) is 0 Å². The smallest absolute Gasteiger partial charge is 0.192 e. The van der Waals surface area contributed by atoms with Crippen molar-refractivity contribution < 1.29 is 4.43 Å². The number of hydrogen-bond donors (Lipinski definition) is 0. The predicted molar refractivity (Wildman–Crippen MR) is 78.7 cm³/mol. The van der Waals surface area contributed by atoms with Crippen molar-refractivity contribution in [1.82, 2.24) is 0 Å². The topological polar surface area (TPSA) is 9.23 Å². The maximum Gasteiger partial charge on any atom is 0.192 e. The Bertz CT molecular complexity index is 286. The van der Waals surface area contributed by atoms with E-state index in [-0.39, 0.29) is 0 Å². The Morgan fingerprint density at radius 1 is 1.29 bits per heavy atom. The van der Waals surface area contributed by atoms with Crippen molar-refractivity contribution in [3.63, 3.8) is 0 Å². The van der Waals surface area contributed by atoms with E-state index in [4.69, 9.17) is 4.43 Å². The third kappa shape index (κ3) is 3.82. The minimum absolute atomic E-state index is 0.299. The molecule has 0 bridgehead atoms. The summed E-state index contributed by atoms with van der Waals surface area (Å²) in [5.41, 5.74) is 0. The van der Waals surface area contributed by atoms with E-state index in [0.717, 1.165) is 19.3 Å². The lowest BCUT2D eigenvalue weighted by Crippen LogP contribution is -2.46. The maximum atomic E-state index is 6.55. The summed E-state index contributed by atoms with van der Waals surface area (Å²) in [5, 5.41) is 0.299. The average molecular weight is 252 g/mol. The lowest BCUT2D eigenvalue weighted by Gasteiger charge is -2.42. The van der Waals surface area contributed by atoms with Crippen molar-refractivity contribution in [1.29, 1.82) is 0 Å². The van der Waals surface area contributed by atoms with E-state index in [1.807, 2.05) is 6.08 Å². The third-order valence-corrected chi connectivity index (χ3v) is 8.73. The normalized spacial score (nSPS) is 25.9. The van der Waals surface area contributed by atoms with Crippen molar-refractivity contribution in [2.75, 3.05) is 0 Å². The first-order chi connectivity index (χ1) is 7.78. The molecule has 0 aliphatic heterocycles. The van der Waals surface area contributed by atoms with Crippen LogP contribution >= 0.6 is 0 Å². The van der Waals surface area contributed by atoms with Crippen molar-refractivity contribution in [3.8, 4) is 0 Å². The minimum atomic E-state index is -1.63. The number of rotatable bonds is 4. The Morgan fingerprint density at radius 2 is 1.88 bits per heavy atom. The molecule has 0 radical (unpaired) electrons. The van der Waals surface area contributed by atoms with Gasteiger partial charge in [-0.2, -0.15) is 0 Å². The highest BCUT2D eigenvalue weighted by molar-refractivity contribution is 6.74. The molecule has 0 spiro atoms. The summed E-state index contributed by atoms with van der Waals surface area (Å²) < 4.78 is 6.55. The van der Waals surface area contributed by atoms with Gasteiger partial charge in [-0.1, -0.05) is 39.0 Å². The van der Waals surface area contributed by atoms with Gasteiger partial charge in [-0.15, -0.1) is 6.58 Å². The van der Waals surface area contributed by atoms with Crippen LogP contribution in [0.4, 0.5) is 0 Å². The van der Waals surface area contributed by atoms with E-state index >= 15 is 0 Å². The fourth-order valence-corrected chi connectivity index (χ4v) is 3.41. The second kappa shape index (κ2) is 5.53. The van der Waals surface area contributed by atoms with Gasteiger partial charge in [0.05, 0.1) is 6.10 Å². The van der Waals surface area contributed by atoms with Gasteiger partial charge in [0, 0.05) is 0 Å². The Kier molecular flexibility index (Phi) is 4.79. The predicted octanol–water partition coefficient (Wildman–Crippen LogP) is 4.92. The second-order valence-electron chi connectivity index (χ2n) is 6.64. The molecule has 1 nitrogen and oxygen atoms in total. The van der Waals surface area contributed by atoms with Gasteiger partial charge in [-0.05, 0) is 43.3 Å². The summed E-state index contributed by atoms with van der Waals surface area (Å²) in [6.07, 6.45) is 10.3. The van der Waals surface area contributed by atoms with Gasteiger partial charge in [0.1, 0.15) is 0 Å². The molecule has 0 heterocycles. The maximum absolute atomic E-state index is 6.55. The molecule has 0 amide bonds. The molecule has 0 aromatic carbocycles. The van der Waals surface area contributed by atoms with Crippen LogP contribution in [-0.4, -0.2) is 14.4 Å².